The molecular weight excluding hydrogens is 428 g/mol. The zero-order valence-electron chi connectivity index (χ0n) is 19.1. The van der Waals surface area contributed by atoms with Crippen LogP contribution in [0.3, 0.4) is 0 Å². The molecule has 2 N–H and O–H groups in total. The minimum absolute atomic E-state index is 0.0747. The maximum Gasteiger partial charge on any atom is 0.312 e. The van der Waals surface area contributed by atoms with Gasteiger partial charge in [-0.15, -0.1) is 0 Å². The molecule has 9 nitrogen and oxygen atoms in total. The Bertz CT molecular complexity index is 798. The molecule has 1 aromatic rings. The SMILES string of the molecule is COc1ccc(CC(=O)N2CCC3(CC2)CC(CN2CCC(O)CC2)OC3=O)cc1.O=CO. The first-order valence-electron chi connectivity index (χ1n) is 11.5. The molecule has 3 saturated heterocycles. The molecule has 3 heterocycles. The lowest BCUT2D eigenvalue weighted by molar-refractivity contribution is -0.153. The number of cyclic esters (lactones) is 1. The highest BCUT2D eigenvalue weighted by Crippen LogP contribution is 2.43. The summed E-state index contributed by atoms with van der Waals surface area (Å²) in [4.78, 5) is 37.9. The van der Waals surface area contributed by atoms with Gasteiger partial charge < -0.3 is 24.6 Å². The molecule has 0 aromatic heterocycles. The zero-order chi connectivity index (χ0) is 23.8. The fraction of sp³-hybridized carbons (Fsp3) is 0.625. The van der Waals surface area contributed by atoms with Gasteiger partial charge in [0.15, 0.2) is 0 Å². The third kappa shape index (κ3) is 6.45. The fourth-order valence-corrected chi connectivity index (χ4v) is 4.95. The summed E-state index contributed by atoms with van der Waals surface area (Å²) in [6.45, 7) is 3.42. The van der Waals surface area contributed by atoms with Crippen LogP contribution in [0, 0.1) is 5.41 Å². The van der Waals surface area contributed by atoms with E-state index in [4.69, 9.17) is 19.4 Å². The van der Waals surface area contributed by atoms with Crippen LogP contribution in [0.2, 0.25) is 0 Å². The lowest BCUT2D eigenvalue weighted by Crippen LogP contribution is -2.45. The van der Waals surface area contributed by atoms with Crippen molar-refractivity contribution >= 4 is 18.3 Å². The van der Waals surface area contributed by atoms with Crippen molar-refractivity contribution in [3.63, 3.8) is 0 Å². The van der Waals surface area contributed by atoms with Gasteiger partial charge in [0.05, 0.1) is 25.0 Å². The molecule has 0 bridgehead atoms. The number of benzene rings is 1. The molecule has 1 amide bonds. The number of aliphatic hydroxyl groups excluding tert-OH is 1. The normalized spacial score (nSPS) is 22.9. The van der Waals surface area contributed by atoms with E-state index in [0.717, 1.165) is 50.2 Å². The van der Waals surface area contributed by atoms with Crippen molar-refractivity contribution in [1.29, 1.82) is 0 Å². The largest absolute Gasteiger partial charge is 0.497 e. The number of carbonyl (C=O) groups is 3. The van der Waals surface area contributed by atoms with Crippen LogP contribution in [-0.4, -0.2) is 90.4 Å². The molecule has 1 aromatic carbocycles. The summed E-state index contributed by atoms with van der Waals surface area (Å²) < 4.78 is 10.9. The van der Waals surface area contributed by atoms with Crippen molar-refractivity contribution < 1.29 is 34.1 Å². The molecule has 33 heavy (non-hydrogen) atoms. The molecule has 3 fully saturated rings. The molecular formula is C24H34N2O7. The van der Waals surface area contributed by atoms with E-state index in [2.05, 4.69) is 4.90 Å². The molecule has 1 atom stereocenters. The molecule has 3 aliphatic rings. The van der Waals surface area contributed by atoms with Gasteiger partial charge in [-0.2, -0.15) is 0 Å². The number of amides is 1. The number of aliphatic hydroxyl groups is 1. The van der Waals surface area contributed by atoms with Crippen LogP contribution in [0.25, 0.3) is 0 Å². The van der Waals surface area contributed by atoms with Gasteiger partial charge in [0.1, 0.15) is 11.9 Å². The summed E-state index contributed by atoms with van der Waals surface area (Å²) in [6, 6.07) is 7.57. The summed E-state index contributed by atoms with van der Waals surface area (Å²) in [7, 11) is 1.62. The standard InChI is InChI=1S/C23H32N2O5.CH2O2/c1-29-19-4-2-17(3-5-19)14-21(27)25-12-8-23(9-13-25)15-20(30-22(23)28)16-24-10-6-18(26)7-11-24;2-1-3/h2-5,18,20,26H,6-16H2,1H3;1H,(H,2,3). The van der Waals surface area contributed by atoms with Gasteiger partial charge in [-0.05, 0) is 43.4 Å². The van der Waals surface area contributed by atoms with Gasteiger partial charge in [0.25, 0.3) is 6.47 Å². The fourth-order valence-electron chi connectivity index (χ4n) is 4.95. The van der Waals surface area contributed by atoms with Gasteiger partial charge in [-0.3, -0.25) is 19.3 Å². The Morgan fingerprint density at radius 2 is 1.79 bits per heavy atom. The molecule has 3 aliphatic heterocycles. The number of hydrogen-bond acceptors (Lipinski definition) is 7. The number of piperidine rings is 2. The van der Waals surface area contributed by atoms with Gasteiger partial charge >= 0.3 is 5.97 Å². The molecule has 4 rings (SSSR count). The number of methoxy groups -OCH3 is 1. The average molecular weight is 463 g/mol. The molecule has 0 saturated carbocycles. The number of esters is 1. The second-order valence-corrected chi connectivity index (χ2v) is 9.05. The highest BCUT2D eigenvalue weighted by atomic mass is 16.6. The highest BCUT2D eigenvalue weighted by molar-refractivity contribution is 5.81. The van der Waals surface area contributed by atoms with E-state index in [1.807, 2.05) is 29.2 Å². The first-order valence-corrected chi connectivity index (χ1v) is 11.5. The van der Waals surface area contributed by atoms with E-state index < -0.39 is 5.41 Å². The van der Waals surface area contributed by atoms with Crippen LogP contribution >= 0.6 is 0 Å². The number of carboxylic acid groups (broad SMARTS) is 1. The molecule has 1 unspecified atom stereocenters. The Balaban J connectivity index is 0.000000968. The van der Waals surface area contributed by atoms with Crippen LogP contribution in [0.1, 0.15) is 37.7 Å². The maximum absolute atomic E-state index is 12.7. The van der Waals surface area contributed by atoms with Crippen molar-refractivity contribution in [3.8, 4) is 5.75 Å². The van der Waals surface area contributed by atoms with Crippen LogP contribution in [0.15, 0.2) is 24.3 Å². The first kappa shape index (κ1) is 25.0. The third-order valence-electron chi connectivity index (χ3n) is 6.93. The molecule has 0 radical (unpaired) electrons. The van der Waals surface area contributed by atoms with E-state index in [-0.39, 0.29) is 30.6 Å². The number of ether oxygens (including phenoxy) is 2. The van der Waals surface area contributed by atoms with E-state index in [0.29, 0.717) is 32.4 Å². The van der Waals surface area contributed by atoms with Crippen molar-refractivity contribution in [2.24, 2.45) is 5.41 Å². The molecule has 182 valence electrons. The third-order valence-corrected chi connectivity index (χ3v) is 6.93. The smallest absolute Gasteiger partial charge is 0.312 e. The lowest BCUT2D eigenvalue weighted by atomic mass is 9.76. The highest BCUT2D eigenvalue weighted by Gasteiger charge is 2.51. The monoisotopic (exact) mass is 462 g/mol. The van der Waals surface area contributed by atoms with E-state index >= 15 is 0 Å². The minimum atomic E-state index is -0.434. The molecule has 1 spiro atoms. The van der Waals surface area contributed by atoms with Crippen molar-refractivity contribution in [1.82, 2.24) is 9.80 Å². The van der Waals surface area contributed by atoms with Crippen LogP contribution < -0.4 is 4.74 Å². The Hall–Kier alpha value is -2.65. The molecule has 0 aliphatic carbocycles. The average Bonchev–Trinajstić information content (AvgIpc) is 3.11. The van der Waals surface area contributed by atoms with Crippen LogP contribution in [0.4, 0.5) is 0 Å². The Morgan fingerprint density at radius 1 is 1.18 bits per heavy atom. The summed E-state index contributed by atoms with van der Waals surface area (Å²) in [5.74, 6) is 0.790. The Labute approximate surface area is 194 Å². The van der Waals surface area contributed by atoms with Crippen LogP contribution in [-0.2, 0) is 25.5 Å². The number of likely N-dealkylation sites (tertiary alicyclic amines) is 2. The topological polar surface area (TPSA) is 117 Å². The van der Waals surface area contributed by atoms with E-state index in [1.165, 1.54) is 0 Å². The quantitative estimate of drug-likeness (QED) is 0.497. The van der Waals surface area contributed by atoms with Crippen molar-refractivity contribution in [2.45, 2.75) is 50.7 Å². The minimum Gasteiger partial charge on any atom is -0.497 e. The maximum atomic E-state index is 12.7. The number of nitrogens with zero attached hydrogens (tertiary/aromatic N) is 2. The Morgan fingerprint density at radius 3 is 2.36 bits per heavy atom. The summed E-state index contributed by atoms with van der Waals surface area (Å²) in [6.07, 6.45) is 3.77. The second kappa shape index (κ2) is 11.5. The Kier molecular flexibility index (Phi) is 8.68. The zero-order valence-corrected chi connectivity index (χ0v) is 19.1. The van der Waals surface area contributed by atoms with Crippen LogP contribution in [0.5, 0.6) is 5.75 Å². The van der Waals surface area contributed by atoms with Gasteiger partial charge in [-0.1, -0.05) is 12.1 Å². The first-order chi connectivity index (χ1) is 15.9. The van der Waals surface area contributed by atoms with Gasteiger partial charge in [0, 0.05) is 39.1 Å². The van der Waals surface area contributed by atoms with E-state index in [9.17, 15) is 14.7 Å². The number of rotatable bonds is 5. The van der Waals surface area contributed by atoms with Crippen molar-refractivity contribution in [3.05, 3.63) is 29.8 Å². The summed E-state index contributed by atoms with van der Waals surface area (Å²) in [5, 5.41) is 16.6. The summed E-state index contributed by atoms with van der Waals surface area (Å²) in [5.41, 5.74) is 0.532. The number of hydrogen-bond donors (Lipinski definition) is 2. The van der Waals surface area contributed by atoms with Crippen molar-refractivity contribution in [2.75, 3.05) is 39.8 Å². The predicted molar refractivity (Wildman–Crippen MR) is 120 cm³/mol. The van der Waals surface area contributed by atoms with Gasteiger partial charge in [0.2, 0.25) is 5.91 Å². The molecule has 9 heteroatoms. The number of carbonyl (C=O) groups excluding carboxylic acids is 2. The van der Waals surface area contributed by atoms with E-state index in [1.54, 1.807) is 7.11 Å². The summed E-state index contributed by atoms with van der Waals surface area (Å²) >= 11 is 0. The second-order valence-electron chi connectivity index (χ2n) is 9.05. The van der Waals surface area contributed by atoms with Gasteiger partial charge in [-0.25, -0.2) is 0 Å². The lowest BCUT2D eigenvalue weighted by Gasteiger charge is -2.37. The predicted octanol–water partition coefficient (Wildman–Crippen LogP) is 1.32.